The van der Waals surface area contributed by atoms with E-state index in [9.17, 15) is 8.78 Å². The highest BCUT2D eigenvalue weighted by molar-refractivity contribution is 5.59. The molecule has 1 heterocycles. The predicted octanol–water partition coefficient (Wildman–Crippen LogP) is 2.92. The number of hydrogen-bond acceptors (Lipinski definition) is 3. The number of hydrogen-bond donors (Lipinski definition) is 1. The maximum atomic E-state index is 13.3. The van der Waals surface area contributed by atoms with E-state index in [4.69, 9.17) is 5.73 Å². The number of rotatable bonds is 2. The zero-order valence-corrected chi connectivity index (χ0v) is 11.0. The van der Waals surface area contributed by atoms with Gasteiger partial charge in [0.1, 0.15) is 5.82 Å². The number of aryl methyl sites for hydroxylation is 1. The van der Waals surface area contributed by atoms with Crippen LogP contribution in [0.15, 0.2) is 24.3 Å². The van der Waals surface area contributed by atoms with Gasteiger partial charge in [-0.3, -0.25) is 0 Å². The Labute approximate surface area is 110 Å². The average molecular weight is 263 g/mol. The van der Waals surface area contributed by atoms with E-state index in [2.05, 4.69) is 9.97 Å². The molecule has 0 amide bonds. The van der Waals surface area contributed by atoms with Crippen LogP contribution in [0.25, 0.3) is 11.3 Å². The lowest BCUT2D eigenvalue weighted by Crippen LogP contribution is -2.31. The van der Waals surface area contributed by atoms with Crippen molar-refractivity contribution >= 4 is 0 Å². The van der Waals surface area contributed by atoms with Crippen LogP contribution in [0.1, 0.15) is 25.4 Å². The lowest BCUT2D eigenvalue weighted by atomic mass is 10.0. The van der Waals surface area contributed by atoms with Crippen LogP contribution in [0.5, 0.6) is 0 Å². The Bertz CT molecular complexity index is 619. The van der Waals surface area contributed by atoms with Gasteiger partial charge in [0, 0.05) is 11.3 Å². The fourth-order valence-electron chi connectivity index (χ4n) is 1.66. The first kappa shape index (κ1) is 13.5. The monoisotopic (exact) mass is 263 g/mol. The molecule has 100 valence electrons. The quantitative estimate of drug-likeness (QED) is 0.906. The molecule has 0 radical (unpaired) electrons. The Kier molecular flexibility index (Phi) is 3.32. The van der Waals surface area contributed by atoms with Gasteiger partial charge in [0.25, 0.3) is 0 Å². The predicted molar refractivity (Wildman–Crippen MR) is 69.3 cm³/mol. The van der Waals surface area contributed by atoms with Crippen molar-refractivity contribution in [1.82, 2.24) is 9.97 Å². The Morgan fingerprint density at radius 3 is 2.32 bits per heavy atom. The Morgan fingerprint density at radius 1 is 1.05 bits per heavy atom. The lowest BCUT2D eigenvalue weighted by molar-refractivity contribution is 0.508. The van der Waals surface area contributed by atoms with Gasteiger partial charge < -0.3 is 5.73 Å². The molecule has 19 heavy (non-hydrogen) atoms. The fraction of sp³-hybridized carbons (Fsp3) is 0.286. The van der Waals surface area contributed by atoms with Crippen molar-refractivity contribution in [3.05, 3.63) is 47.4 Å². The Morgan fingerprint density at radius 2 is 1.74 bits per heavy atom. The molecular formula is C14H15F2N3. The molecule has 2 aromatic rings. The van der Waals surface area contributed by atoms with Crippen LogP contribution >= 0.6 is 0 Å². The van der Waals surface area contributed by atoms with E-state index in [1.807, 2.05) is 0 Å². The SMILES string of the molecule is Cc1cc(-c2ccc(F)c(F)c2)nc(C(C)(C)N)n1. The number of benzene rings is 1. The van der Waals surface area contributed by atoms with Crippen molar-refractivity contribution in [3.8, 4) is 11.3 Å². The molecule has 0 saturated heterocycles. The van der Waals surface area contributed by atoms with Crippen molar-refractivity contribution in [2.75, 3.05) is 0 Å². The van der Waals surface area contributed by atoms with Crippen LogP contribution < -0.4 is 5.73 Å². The van der Waals surface area contributed by atoms with Crippen molar-refractivity contribution in [1.29, 1.82) is 0 Å². The van der Waals surface area contributed by atoms with Crippen molar-refractivity contribution in [2.24, 2.45) is 5.73 Å². The molecule has 1 aromatic heterocycles. The van der Waals surface area contributed by atoms with E-state index in [0.29, 0.717) is 17.1 Å². The summed E-state index contributed by atoms with van der Waals surface area (Å²) in [5.74, 6) is -1.32. The molecule has 0 aliphatic carbocycles. The molecule has 0 unspecified atom stereocenters. The second-order valence-electron chi connectivity index (χ2n) is 5.07. The summed E-state index contributed by atoms with van der Waals surface area (Å²) >= 11 is 0. The molecule has 5 heteroatoms. The summed E-state index contributed by atoms with van der Waals surface area (Å²) in [6.45, 7) is 5.38. The van der Waals surface area contributed by atoms with Gasteiger partial charge in [0.2, 0.25) is 0 Å². The summed E-state index contributed by atoms with van der Waals surface area (Å²) in [6, 6.07) is 5.38. The summed E-state index contributed by atoms with van der Waals surface area (Å²) in [4.78, 5) is 8.59. The summed E-state index contributed by atoms with van der Waals surface area (Å²) in [6.07, 6.45) is 0. The summed E-state index contributed by atoms with van der Waals surface area (Å²) in [5, 5.41) is 0. The van der Waals surface area contributed by atoms with Gasteiger partial charge in [-0.1, -0.05) is 0 Å². The first-order valence-electron chi connectivity index (χ1n) is 5.88. The molecule has 0 bridgehead atoms. The molecule has 0 atom stereocenters. The van der Waals surface area contributed by atoms with Crippen molar-refractivity contribution in [3.63, 3.8) is 0 Å². The molecule has 0 spiro atoms. The topological polar surface area (TPSA) is 51.8 Å². The molecule has 1 aromatic carbocycles. The van der Waals surface area contributed by atoms with Gasteiger partial charge in [0.05, 0.1) is 11.2 Å². The highest BCUT2D eigenvalue weighted by Crippen LogP contribution is 2.22. The smallest absolute Gasteiger partial charge is 0.159 e. The van der Waals surface area contributed by atoms with Crippen LogP contribution in [0.2, 0.25) is 0 Å². The van der Waals surface area contributed by atoms with E-state index < -0.39 is 17.2 Å². The fourth-order valence-corrected chi connectivity index (χ4v) is 1.66. The first-order valence-corrected chi connectivity index (χ1v) is 5.88. The molecule has 0 fully saturated rings. The van der Waals surface area contributed by atoms with E-state index in [-0.39, 0.29) is 0 Å². The molecule has 0 aliphatic rings. The second-order valence-corrected chi connectivity index (χ2v) is 5.07. The highest BCUT2D eigenvalue weighted by Gasteiger charge is 2.19. The Balaban J connectivity index is 2.56. The van der Waals surface area contributed by atoms with Crippen LogP contribution in [0, 0.1) is 18.6 Å². The van der Waals surface area contributed by atoms with E-state index in [0.717, 1.165) is 17.8 Å². The maximum absolute atomic E-state index is 13.3. The molecule has 3 nitrogen and oxygen atoms in total. The molecule has 0 saturated carbocycles. The van der Waals surface area contributed by atoms with Crippen LogP contribution in [0.3, 0.4) is 0 Å². The minimum Gasteiger partial charge on any atom is -0.319 e. The molecule has 0 aliphatic heterocycles. The normalized spacial score (nSPS) is 11.7. The average Bonchev–Trinajstić information content (AvgIpc) is 2.31. The zero-order chi connectivity index (χ0) is 14.2. The van der Waals surface area contributed by atoms with Crippen LogP contribution in [0.4, 0.5) is 8.78 Å². The third kappa shape index (κ3) is 2.93. The highest BCUT2D eigenvalue weighted by atomic mass is 19.2. The summed E-state index contributed by atoms with van der Waals surface area (Å²) < 4.78 is 26.2. The lowest BCUT2D eigenvalue weighted by Gasteiger charge is -2.18. The van der Waals surface area contributed by atoms with Gasteiger partial charge in [-0.25, -0.2) is 18.7 Å². The summed E-state index contributed by atoms with van der Waals surface area (Å²) in [7, 11) is 0. The standard InChI is InChI=1S/C14H15F2N3/c1-8-6-12(19-13(18-8)14(2,3)17)9-4-5-10(15)11(16)7-9/h4-7H,17H2,1-3H3. The van der Waals surface area contributed by atoms with Crippen LogP contribution in [-0.4, -0.2) is 9.97 Å². The minimum absolute atomic E-state index is 0.465. The van der Waals surface area contributed by atoms with E-state index in [1.165, 1.54) is 6.07 Å². The number of aromatic nitrogens is 2. The molecular weight excluding hydrogens is 248 g/mol. The van der Waals surface area contributed by atoms with Gasteiger partial charge in [-0.2, -0.15) is 0 Å². The summed E-state index contributed by atoms with van der Waals surface area (Å²) in [5.41, 5.74) is 7.02. The maximum Gasteiger partial charge on any atom is 0.159 e. The minimum atomic E-state index is -0.901. The first-order chi connectivity index (χ1) is 8.77. The number of nitrogens with zero attached hydrogens (tertiary/aromatic N) is 2. The largest absolute Gasteiger partial charge is 0.319 e. The van der Waals surface area contributed by atoms with Gasteiger partial charge in [-0.15, -0.1) is 0 Å². The van der Waals surface area contributed by atoms with Crippen LogP contribution in [-0.2, 0) is 5.54 Å². The van der Waals surface area contributed by atoms with Crippen molar-refractivity contribution < 1.29 is 8.78 Å². The third-order valence-corrected chi connectivity index (χ3v) is 2.65. The number of halogens is 2. The third-order valence-electron chi connectivity index (χ3n) is 2.65. The van der Waals surface area contributed by atoms with E-state index >= 15 is 0 Å². The zero-order valence-electron chi connectivity index (χ0n) is 11.0. The molecule has 2 rings (SSSR count). The number of nitrogens with two attached hydrogens (primary N) is 1. The van der Waals surface area contributed by atoms with Gasteiger partial charge >= 0.3 is 0 Å². The van der Waals surface area contributed by atoms with Gasteiger partial charge in [0.15, 0.2) is 11.6 Å². The Hall–Kier alpha value is -1.88. The van der Waals surface area contributed by atoms with E-state index in [1.54, 1.807) is 26.8 Å². The molecule has 2 N–H and O–H groups in total. The second kappa shape index (κ2) is 4.66. The van der Waals surface area contributed by atoms with Crippen molar-refractivity contribution in [2.45, 2.75) is 26.3 Å². The van der Waals surface area contributed by atoms with Gasteiger partial charge in [-0.05, 0) is 45.0 Å².